The predicted molar refractivity (Wildman–Crippen MR) is 418 cm³/mol. The highest BCUT2D eigenvalue weighted by Crippen LogP contribution is 2.55. The van der Waals surface area contributed by atoms with Crippen LogP contribution in [-0.2, 0) is 17.3 Å². The van der Waals surface area contributed by atoms with Crippen LogP contribution in [0.5, 0.6) is 0 Å². The number of fused-ring (bicyclic) bond motifs is 14. The SMILES string of the molecule is CC1(C)c2ccccc2N(c2cccc(-n3c4ccccc4c4ccc5cc(-c6cccc(CC7(C)c8ccccc8N(c8ccc(-n9c%10ccccc%10c%10ccc%11cc(-c%12ccccc%12)n(-c%12ccccc%12)c%11c%109)cc8)c8ccccc87)c6)n(-c6ccccc6)c5c43)c2)c2ccccc21. The number of nitrogens with zero attached hydrogens (tertiary/aromatic N) is 6. The van der Waals surface area contributed by atoms with Crippen LogP contribution in [0.2, 0.25) is 0 Å². The molecule has 20 rings (SSSR count). The highest BCUT2D eigenvalue weighted by Gasteiger charge is 2.41. The maximum absolute atomic E-state index is 2.53. The van der Waals surface area contributed by atoms with E-state index in [4.69, 9.17) is 0 Å². The average Bonchev–Trinajstić information content (AvgIpc) is 1.37. The number of hydrogen-bond donors (Lipinski definition) is 0. The first-order chi connectivity index (χ1) is 49.3. The first-order valence-electron chi connectivity index (χ1n) is 34.9. The van der Waals surface area contributed by atoms with E-state index in [2.05, 4.69) is 395 Å². The summed E-state index contributed by atoms with van der Waals surface area (Å²) in [5, 5.41) is 7.25. The molecular formula is C94H68N6. The van der Waals surface area contributed by atoms with Crippen LogP contribution in [0.1, 0.15) is 48.6 Å². The van der Waals surface area contributed by atoms with E-state index < -0.39 is 5.41 Å². The molecule has 0 saturated heterocycles. The van der Waals surface area contributed by atoms with Gasteiger partial charge < -0.3 is 28.1 Å². The average molecular weight is 1280 g/mol. The lowest BCUT2D eigenvalue weighted by Crippen LogP contribution is -2.34. The fourth-order valence-electron chi connectivity index (χ4n) is 17.5. The molecular weight excluding hydrogens is 1210 g/mol. The number of hydrogen-bond acceptors (Lipinski definition) is 2. The lowest BCUT2D eigenvalue weighted by molar-refractivity contribution is 0.561. The third-order valence-corrected chi connectivity index (χ3v) is 21.9. The standard InChI is InChI=1S/C94H68N6/c1-93(2)77-39-15-21-45-83(77)96(84-46-22-16-40-78(84)93)71-35-26-36-72(60-71)100-82-44-20-14-38-74(82)76-56-50-66-59-88(99(90(66)92(76)100)68-33-11-6-12-34-68)64-30-25-27-62(57-64)61-94(3)79-41-17-23-47-85(79)95(86-48-24-18-42-80(86)94)69-51-53-70(54-52-69)97-81-43-19-13-37-73(81)75-55-49-65-58-87(63-28-7-4-8-29-63)98(89(65)91(75)97)67-31-9-5-10-32-67/h4-60H,61H2,1-3H3. The molecule has 14 aromatic carbocycles. The van der Waals surface area contributed by atoms with Gasteiger partial charge in [-0.25, -0.2) is 0 Å². The van der Waals surface area contributed by atoms with Crippen molar-refractivity contribution in [2.24, 2.45) is 0 Å². The van der Waals surface area contributed by atoms with Crippen molar-refractivity contribution in [3.8, 4) is 45.3 Å². The van der Waals surface area contributed by atoms with E-state index >= 15 is 0 Å². The summed E-state index contributed by atoms with van der Waals surface area (Å²) >= 11 is 0. The van der Waals surface area contributed by atoms with Crippen molar-refractivity contribution in [3.63, 3.8) is 0 Å². The van der Waals surface area contributed by atoms with Crippen LogP contribution < -0.4 is 9.80 Å². The van der Waals surface area contributed by atoms with Gasteiger partial charge in [0.25, 0.3) is 0 Å². The second-order valence-electron chi connectivity index (χ2n) is 27.9. The summed E-state index contributed by atoms with van der Waals surface area (Å²) in [6, 6.07) is 128. The molecule has 0 spiro atoms. The van der Waals surface area contributed by atoms with Gasteiger partial charge in [0.2, 0.25) is 0 Å². The largest absolute Gasteiger partial charge is 0.310 e. The Kier molecular flexibility index (Phi) is 12.8. The number of para-hydroxylation sites is 8. The highest BCUT2D eigenvalue weighted by molar-refractivity contribution is 6.20. The molecule has 474 valence electrons. The van der Waals surface area contributed by atoms with E-state index in [1.807, 2.05) is 0 Å². The smallest absolute Gasteiger partial charge is 0.0788 e. The van der Waals surface area contributed by atoms with Crippen LogP contribution in [0, 0.1) is 0 Å². The van der Waals surface area contributed by atoms with Gasteiger partial charge in [-0.1, -0.05) is 245 Å². The molecule has 100 heavy (non-hydrogen) atoms. The Hall–Kier alpha value is -12.6. The Labute approximate surface area is 581 Å². The maximum atomic E-state index is 2.53. The minimum Gasteiger partial charge on any atom is -0.310 e. The number of rotatable bonds is 10. The van der Waals surface area contributed by atoms with Crippen molar-refractivity contribution in [2.75, 3.05) is 9.80 Å². The van der Waals surface area contributed by atoms with E-state index in [0.717, 1.165) is 63.0 Å². The van der Waals surface area contributed by atoms with Crippen LogP contribution in [0.15, 0.2) is 346 Å². The molecule has 18 aromatic rings. The molecule has 0 saturated carbocycles. The summed E-state index contributed by atoms with van der Waals surface area (Å²) in [5.41, 5.74) is 29.0. The Morgan fingerprint density at radius 3 is 1.19 bits per heavy atom. The first kappa shape index (κ1) is 57.6. The minimum atomic E-state index is -0.398. The molecule has 6 heteroatoms. The molecule has 0 N–H and O–H groups in total. The molecule has 6 heterocycles. The number of aromatic nitrogens is 4. The van der Waals surface area contributed by atoms with E-state index in [-0.39, 0.29) is 5.41 Å². The van der Waals surface area contributed by atoms with Crippen LogP contribution in [0.25, 0.3) is 111 Å². The van der Waals surface area contributed by atoms with Crippen LogP contribution in [0.3, 0.4) is 0 Å². The Morgan fingerprint density at radius 2 is 0.640 bits per heavy atom. The van der Waals surface area contributed by atoms with E-state index in [9.17, 15) is 0 Å². The van der Waals surface area contributed by atoms with Crippen LogP contribution in [0.4, 0.5) is 34.1 Å². The van der Waals surface area contributed by atoms with Crippen molar-refractivity contribution in [1.29, 1.82) is 0 Å². The van der Waals surface area contributed by atoms with Gasteiger partial charge in [-0.15, -0.1) is 0 Å². The third-order valence-electron chi connectivity index (χ3n) is 21.9. The van der Waals surface area contributed by atoms with Crippen molar-refractivity contribution >= 4 is 99.5 Å². The number of anilines is 6. The van der Waals surface area contributed by atoms with Gasteiger partial charge in [0.1, 0.15) is 0 Å². The normalized spacial score (nSPS) is 13.7. The Balaban J connectivity index is 0.699. The molecule has 0 aliphatic carbocycles. The summed E-state index contributed by atoms with van der Waals surface area (Å²) in [6.07, 6.45) is 0.782. The molecule has 0 unspecified atom stereocenters. The molecule has 2 aliphatic heterocycles. The quantitative estimate of drug-likeness (QED) is 0.136. The summed E-state index contributed by atoms with van der Waals surface area (Å²) in [5.74, 6) is 0. The van der Waals surface area contributed by atoms with Crippen LogP contribution >= 0.6 is 0 Å². The lowest BCUT2D eigenvalue weighted by atomic mass is 9.68. The molecule has 2 aliphatic rings. The summed E-state index contributed by atoms with van der Waals surface area (Å²) < 4.78 is 10.00. The molecule has 0 atom stereocenters. The maximum Gasteiger partial charge on any atom is 0.0788 e. The third kappa shape index (κ3) is 8.56. The summed E-state index contributed by atoms with van der Waals surface area (Å²) in [6.45, 7) is 7.17. The van der Waals surface area contributed by atoms with Crippen molar-refractivity contribution in [2.45, 2.75) is 38.0 Å². The van der Waals surface area contributed by atoms with E-state index in [1.54, 1.807) is 0 Å². The molecule has 0 bridgehead atoms. The van der Waals surface area contributed by atoms with Gasteiger partial charge in [-0.2, -0.15) is 0 Å². The van der Waals surface area contributed by atoms with Crippen molar-refractivity contribution in [3.05, 3.63) is 374 Å². The number of benzene rings is 14. The fourth-order valence-corrected chi connectivity index (χ4v) is 17.5. The van der Waals surface area contributed by atoms with Gasteiger partial charge in [-0.05, 0) is 167 Å². The minimum absolute atomic E-state index is 0.165. The Bertz CT molecular complexity index is 6200. The van der Waals surface area contributed by atoms with Crippen molar-refractivity contribution in [1.82, 2.24) is 18.3 Å². The zero-order chi connectivity index (χ0) is 66.4. The molecule has 0 radical (unpaired) electrons. The fraction of sp³-hybridized carbons (Fsp3) is 0.0638. The Morgan fingerprint density at radius 1 is 0.250 bits per heavy atom. The topological polar surface area (TPSA) is 26.2 Å². The van der Waals surface area contributed by atoms with Crippen LogP contribution in [-0.4, -0.2) is 18.3 Å². The lowest BCUT2D eigenvalue weighted by Gasteiger charge is -2.44. The second kappa shape index (κ2) is 22.2. The van der Waals surface area contributed by atoms with Gasteiger partial charge >= 0.3 is 0 Å². The molecule has 0 fully saturated rings. The van der Waals surface area contributed by atoms with E-state index in [0.29, 0.717) is 0 Å². The predicted octanol–water partition coefficient (Wildman–Crippen LogP) is 24.5. The molecule has 0 amide bonds. The monoisotopic (exact) mass is 1280 g/mol. The zero-order valence-corrected chi connectivity index (χ0v) is 55.8. The van der Waals surface area contributed by atoms with Gasteiger partial charge in [-0.3, -0.25) is 0 Å². The van der Waals surface area contributed by atoms with Gasteiger partial charge in [0.05, 0.1) is 67.2 Å². The first-order valence-corrected chi connectivity index (χ1v) is 34.9. The highest BCUT2D eigenvalue weighted by atomic mass is 15.2. The summed E-state index contributed by atoms with van der Waals surface area (Å²) in [7, 11) is 0. The van der Waals surface area contributed by atoms with Gasteiger partial charge in [0, 0.05) is 77.3 Å². The second-order valence-corrected chi connectivity index (χ2v) is 27.9. The molecule has 4 aromatic heterocycles. The summed E-state index contributed by atoms with van der Waals surface area (Å²) in [4.78, 5) is 4.96. The zero-order valence-electron chi connectivity index (χ0n) is 55.8. The molecule has 6 nitrogen and oxygen atoms in total. The van der Waals surface area contributed by atoms with Crippen molar-refractivity contribution < 1.29 is 0 Å². The van der Waals surface area contributed by atoms with Gasteiger partial charge in [0.15, 0.2) is 0 Å². The van der Waals surface area contributed by atoms with E-state index in [1.165, 1.54) is 116 Å².